The van der Waals surface area contributed by atoms with E-state index in [1.54, 1.807) is 25.1 Å². The van der Waals surface area contributed by atoms with Gasteiger partial charge in [-0.15, -0.1) is 0 Å². The van der Waals surface area contributed by atoms with Gasteiger partial charge in [-0.2, -0.15) is 4.31 Å². The summed E-state index contributed by atoms with van der Waals surface area (Å²) < 4.78 is 27.3. The number of rotatable bonds is 6. The Bertz CT molecular complexity index is 822. The molecule has 2 aliphatic rings. The lowest BCUT2D eigenvalue weighted by Crippen LogP contribution is -2.32. The highest BCUT2D eigenvalue weighted by Crippen LogP contribution is 2.38. The van der Waals surface area contributed by atoms with Crippen molar-refractivity contribution in [1.29, 1.82) is 0 Å². The number of hydrogen-bond acceptors (Lipinski definition) is 4. The van der Waals surface area contributed by atoms with E-state index in [0.717, 1.165) is 25.7 Å². The Morgan fingerprint density at radius 2 is 1.59 bits per heavy atom. The molecule has 0 N–H and O–H groups in total. The van der Waals surface area contributed by atoms with E-state index in [4.69, 9.17) is 0 Å². The third kappa shape index (κ3) is 3.55. The second kappa shape index (κ2) is 7.72. The minimum absolute atomic E-state index is 0.0987. The summed E-state index contributed by atoms with van der Waals surface area (Å²) in [4.78, 5) is 26.9. The summed E-state index contributed by atoms with van der Waals surface area (Å²) in [6.07, 6.45) is 3.54. The number of hydrogen-bond donors (Lipinski definition) is 0. The van der Waals surface area contributed by atoms with Crippen LogP contribution in [-0.4, -0.2) is 42.5 Å². The number of imide groups is 1. The van der Waals surface area contributed by atoms with Gasteiger partial charge in [0.15, 0.2) is 0 Å². The maximum atomic E-state index is 12.9. The summed E-state index contributed by atoms with van der Waals surface area (Å²) in [6, 6.07) is 5.18. The highest BCUT2D eigenvalue weighted by molar-refractivity contribution is 7.89. The molecule has 1 aliphatic heterocycles. The first-order valence-electron chi connectivity index (χ1n) is 9.76. The molecular formula is C20H28N2O4S. The van der Waals surface area contributed by atoms with Crippen LogP contribution in [0, 0.1) is 18.8 Å². The number of nitrogens with zero attached hydrogens (tertiary/aromatic N) is 2. The van der Waals surface area contributed by atoms with Crippen molar-refractivity contribution in [3.63, 3.8) is 0 Å². The van der Waals surface area contributed by atoms with E-state index in [1.165, 1.54) is 9.21 Å². The van der Waals surface area contributed by atoms with Crippen molar-refractivity contribution in [3.8, 4) is 0 Å². The van der Waals surface area contributed by atoms with Gasteiger partial charge in [-0.25, -0.2) is 8.42 Å². The first kappa shape index (κ1) is 20.0. The Balaban J connectivity index is 1.89. The second-order valence-corrected chi connectivity index (χ2v) is 9.36. The van der Waals surface area contributed by atoms with Crippen LogP contribution >= 0.6 is 0 Å². The third-order valence-corrected chi connectivity index (χ3v) is 8.04. The molecule has 27 heavy (non-hydrogen) atoms. The van der Waals surface area contributed by atoms with Crippen molar-refractivity contribution in [2.45, 2.75) is 57.9 Å². The van der Waals surface area contributed by atoms with Gasteiger partial charge in [0.05, 0.1) is 23.3 Å². The van der Waals surface area contributed by atoms with E-state index in [-0.39, 0.29) is 35.1 Å². The summed E-state index contributed by atoms with van der Waals surface area (Å²) in [6.45, 7) is 6.32. The summed E-state index contributed by atoms with van der Waals surface area (Å²) in [5.74, 6) is -0.567. The fourth-order valence-electron chi connectivity index (χ4n) is 4.29. The van der Waals surface area contributed by atoms with Gasteiger partial charge < -0.3 is 0 Å². The van der Waals surface area contributed by atoms with Crippen LogP contribution < -0.4 is 0 Å². The van der Waals surface area contributed by atoms with Gasteiger partial charge in [-0.1, -0.05) is 38.8 Å². The van der Waals surface area contributed by atoms with Crippen LogP contribution in [0.4, 0.5) is 0 Å². The van der Waals surface area contributed by atoms with Crippen molar-refractivity contribution in [3.05, 3.63) is 29.3 Å². The highest BCUT2D eigenvalue weighted by Gasteiger charge is 2.47. The first-order chi connectivity index (χ1) is 12.8. The van der Waals surface area contributed by atoms with Crippen LogP contribution in [0.5, 0.6) is 0 Å². The molecule has 6 nitrogen and oxygen atoms in total. The molecule has 2 atom stereocenters. The lowest BCUT2D eigenvalue weighted by molar-refractivity contribution is -0.140. The fourth-order valence-corrected chi connectivity index (χ4v) is 6.03. The normalized spacial score (nSPS) is 23.2. The van der Waals surface area contributed by atoms with E-state index in [0.29, 0.717) is 24.2 Å². The van der Waals surface area contributed by atoms with Gasteiger partial charge in [-0.3, -0.25) is 14.5 Å². The van der Waals surface area contributed by atoms with Crippen molar-refractivity contribution in [2.24, 2.45) is 11.8 Å². The molecule has 0 spiro atoms. The topological polar surface area (TPSA) is 74.8 Å². The van der Waals surface area contributed by atoms with Crippen LogP contribution in [0.15, 0.2) is 23.1 Å². The lowest BCUT2D eigenvalue weighted by Gasteiger charge is -2.21. The summed E-state index contributed by atoms with van der Waals surface area (Å²) >= 11 is 0. The Hall–Kier alpha value is -1.73. The lowest BCUT2D eigenvalue weighted by atomic mass is 9.81. The number of sulfonamides is 1. The number of likely N-dealkylation sites (tertiary alicyclic amines) is 1. The second-order valence-electron chi connectivity index (χ2n) is 7.45. The smallest absolute Gasteiger partial charge is 0.243 e. The van der Waals surface area contributed by atoms with Gasteiger partial charge in [0, 0.05) is 13.1 Å². The molecule has 148 valence electrons. The number of fused-ring (bicyclic) bond motifs is 1. The average Bonchev–Trinajstić information content (AvgIpc) is 2.89. The van der Waals surface area contributed by atoms with Crippen molar-refractivity contribution in [1.82, 2.24) is 9.21 Å². The van der Waals surface area contributed by atoms with E-state index >= 15 is 0 Å². The molecule has 1 saturated carbocycles. The van der Waals surface area contributed by atoms with Crippen LogP contribution in [0.25, 0.3) is 0 Å². The molecule has 1 aromatic rings. The van der Waals surface area contributed by atoms with E-state index in [2.05, 4.69) is 0 Å². The average molecular weight is 393 g/mol. The monoisotopic (exact) mass is 392 g/mol. The van der Waals surface area contributed by atoms with Gasteiger partial charge in [0.2, 0.25) is 21.8 Å². The van der Waals surface area contributed by atoms with Crippen molar-refractivity contribution in [2.75, 3.05) is 13.1 Å². The Kier molecular flexibility index (Phi) is 5.72. The molecule has 7 heteroatoms. The van der Waals surface area contributed by atoms with Crippen LogP contribution in [0.1, 0.15) is 50.7 Å². The molecule has 0 aromatic heterocycles. The number of aryl methyl sites for hydroxylation is 1. The fraction of sp³-hybridized carbons (Fsp3) is 0.600. The standard InChI is InChI=1S/C20H28N2O4S/c1-4-21(5-2)27(25,26)18-12-15(11-10-14(18)3)13-22-19(23)16-8-6-7-9-17(16)20(22)24/h10-12,16-17H,4-9,13H2,1-3H3/t16-,17+. The van der Waals surface area contributed by atoms with E-state index in [1.807, 2.05) is 13.8 Å². The highest BCUT2D eigenvalue weighted by atomic mass is 32.2. The van der Waals surface area contributed by atoms with Crippen LogP contribution in [0.2, 0.25) is 0 Å². The molecule has 1 saturated heterocycles. The molecule has 3 rings (SSSR count). The third-order valence-electron chi connectivity index (χ3n) is 5.85. The van der Waals surface area contributed by atoms with E-state index in [9.17, 15) is 18.0 Å². The SMILES string of the molecule is CCN(CC)S(=O)(=O)c1cc(CN2C(=O)[C@H]3CCCC[C@H]3C2=O)ccc1C. The number of amides is 2. The van der Waals surface area contributed by atoms with Crippen molar-refractivity contribution < 1.29 is 18.0 Å². The number of benzene rings is 1. The molecule has 0 unspecified atom stereocenters. The van der Waals surface area contributed by atoms with Gasteiger partial charge >= 0.3 is 0 Å². The zero-order valence-electron chi connectivity index (χ0n) is 16.3. The minimum atomic E-state index is -3.59. The maximum Gasteiger partial charge on any atom is 0.243 e. The van der Waals surface area contributed by atoms with Crippen LogP contribution in [-0.2, 0) is 26.2 Å². The molecule has 1 aromatic carbocycles. The molecule has 1 aliphatic carbocycles. The van der Waals surface area contributed by atoms with Crippen molar-refractivity contribution >= 4 is 21.8 Å². The van der Waals surface area contributed by atoms with E-state index < -0.39 is 10.0 Å². The Morgan fingerprint density at radius 1 is 1.04 bits per heavy atom. The first-order valence-corrected chi connectivity index (χ1v) is 11.2. The molecule has 2 fully saturated rings. The molecular weight excluding hydrogens is 364 g/mol. The zero-order valence-corrected chi connectivity index (χ0v) is 17.1. The Morgan fingerprint density at radius 3 is 2.11 bits per heavy atom. The number of carbonyl (C=O) groups excluding carboxylic acids is 2. The predicted octanol–water partition coefficient (Wildman–Crippen LogP) is 2.70. The predicted molar refractivity (Wildman–Crippen MR) is 102 cm³/mol. The Labute approximate surface area is 161 Å². The number of carbonyl (C=O) groups is 2. The summed E-state index contributed by atoms with van der Waals surface area (Å²) in [7, 11) is -3.59. The minimum Gasteiger partial charge on any atom is -0.278 e. The molecule has 0 radical (unpaired) electrons. The zero-order chi connectivity index (χ0) is 19.8. The largest absolute Gasteiger partial charge is 0.278 e. The molecule has 2 amide bonds. The summed E-state index contributed by atoms with van der Waals surface area (Å²) in [5, 5.41) is 0. The van der Waals surface area contributed by atoms with Gasteiger partial charge in [-0.05, 0) is 37.0 Å². The molecule has 0 bridgehead atoms. The van der Waals surface area contributed by atoms with Gasteiger partial charge in [0.1, 0.15) is 0 Å². The van der Waals surface area contributed by atoms with Crippen LogP contribution in [0.3, 0.4) is 0 Å². The maximum absolute atomic E-state index is 12.9. The van der Waals surface area contributed by atoms with Gasteiger partial charge in [0.25, 0.3) is 0 Å². The quantitative estimate of drug-likeness (QED) is 0.698. The molecule has 1 heterocycles. The summed E-state index contributed by atoms with van der Waals surface area (Å²) in [5.41, 5.74) is 1.34.